The summed E-state index contributed by atoms with van der Waals surface area (Å²) in [6.07, 6.45) is 1.67. The number of halogens is 2. The number of benzene rings is 3. The molecule has 3 amide bonds. The Kier molecular flexibility index (Phi) is 9.13. The summed E-state index contributed by atoms with van der Waals surface area (Å²) in [4.78, 5) is 39.1. The predicted molar refractivity (Wildman–Crippen MR) is 162 cm³/mol. The molecule has 1 aliphatic heterocycles. The smallest absolute Gasteiger partial charge is 0.294 e. The highest BCUT2D eigenvalue weighted by Crippen LogP contribution is 2.35. The Labute approximate surface area is 246 Å². The molecule has 0 aromatic heterocycles. The lowest BCUT2D eigenvalue weighted by Crippen LogP contribution is -2.36. The standard InChI is InChI=1S/C27H22I2N2O5S/c1-16-3-5-17(6-4-16)15-36-25-21(28)11-18(12-22(25)29)13-23-26(33)31(27(34)37-23)14-24(32)30-19-7-9-20(35-2)10-8-19/h3-13H,14-15H2,1-2H3,(H,30,32)/b23-13+. The van der Waals surface area contributed by atoms with Crippen LogP contribution in [0, 0.1) is 14.1 Å². The fourth-order valence-corrected chi connectivity index (χ4v) is 6.41. The van der Waals surface area contributed by atoms with Gasteiger partial charge < -0.3 is 14.8 Å². The van der Waals surface area contributed by atoms with E-state index in [-0.39, 0.29) is 11.4 Å². The Bertz CT molecular complexity index is 1350. The summed E-state index contributed by atoms with van der Waals surface area (Å²) in [5.74, 6) is 0.462. The first-order chi connectivity index (χ1) is 17.7. The Morgan fingerprint density at radius 3 is 2.30 bits per heavy atom. The highest BCUT2D eigenvalue weighted by molar-refractivity contribution is 14.1. The third-order valence-electron chi connectivity index (χ3n) is 5.37. The van der Waals surface area contributed by atoms with Gasteiger partial charge in [-0.3, -0.25) is 19.3 Å². The molecule has 0 aliphatic carbocycles. The molecule has 4 rings (SSSR count). The lowest BCUT2D eigenvalue weighted by Gasteiger charge is -2.13. The minimum Gasteiger partial charge on any atom is -0.497 e. The van der Waals surface area contributed by atoms with Crippen molar-refractivity contribution in [2.75, 3.05) is 19.0 Å². The summed E-state index contributed by atoms with van der Waals surface area (Å²) in [6, 6.07) is 18.8. The Morgan fingerprint density at radius 2 is 1.68 bits per heavy atom. The molecule has 0 saturated carbocycles. The molecule has 37 heavy (non-hydrogen) atoms. The van der Waals surface area contributed by atoms with Gasteiger partial charge in [-0.05, 0) is 117 Å². The Balaban J connectivity index is 1.41. The topological polar surface area (TPSA) is 84.9 Å². The quantitative estimate of drug-likeness (QED) is 0.211. The van der Waals surface area contributed by atoms with Gasteiger partial charge in [-0.2, -0.15) is 0 Å². The van der Waals surface area contributed by atoms with E-state index in [9.17, 15) is 14.4 Å². The second kappa shape index (κ2) is 12.3. The molecule has 1 saturated heterocycles. The Morgan fingerprint density at radius 1 is 1.03 bits per heavy atom. The average Bonchev–Trinajstić information content (AvgIpc) is 3.12. The second-order valence-corrected chi connectivity index (χ2v) is 11.5. The van der Waals surface area contributed by atoms with Gasteiger partial charge in [-0.1, -0.05) is 29.8 Å². The van der Waals surface area contributed by atoms with Crippen molar-refractivity contribution in [3.05, 3.63) is 89.4 Å². The van der Waals surface area contributed by atoms with Crippen LogP contribution in [0.25, 0.3) is 6.08 Å². The normalized spacial score (nSPS) is 14.3. The molecular formula is C27H22I2N2O5S. The van der Waals surface area contributed by atoms with Crippen LogP contribution >= 0.6 is 56.9 Å². The molecule has 0 spiro atoms. The van der Waals surface area contributed by atoms with Crippen LogP contribution in [0.1, 0.15) is 16.7 Å². The average molecular weight is 740 g/mol. The number of nitrogens with zero attached hydrogens (tertiary/aromatic N) is 1. The monoisotopic (exact) mass is 740 g/mol. The summed E-state index contributed by atoms with van der Waals surface area (Å²) in [6.45, 7) is 2.12. The van der Waals surface area contributed by atoms with E-state index in [0.29, 0.717) is 18.0 Å². The van der Waals surface area contributed by atoms with E-state index in [1.807, 2.05) is 43.3 Å². The second-order valence-electron chi connectivity index (χ2n) is 8.13. The van der Waals surface area contributed by atoms with Crippen molar-refractivity contribution >= 4 is 85.8 Å². The number of amides is 3. The molecule has 190 valence electrons. The van der Waals surface area contributed by atoms with Gasteiger partial charge in [0, 0.05) is 5.69 Å². The van der Waals surface area contributed by atoms with Crippen molar-refractivity contribution in [1.29, 1.82) is 0 Å². The summed E-state index contributed by atoms with van der Waals surface area (Å²) in [5, 5.41) is 2.21. The molecule has 0 bridgehead atoms. The number of imide groups is 1. The molecule has 0 radical (unpaired) electrons. The van der Waals surface area contributed by atoms with Gasteiger partial charge in [-0.15, -0.1) is 0 Å². The van der Waals surface area contributed by atoms with Crippen LogP contribution in [0.5, 0.6) is 11.5 Å². The van der Waals surface area contributed by atoms with Crippen LogP contribution in [0.15, 0.2) is 65.6 Å². The molecule has 1 fully saturated rings. The minimum atomic E-state index is -0.496. The maximum Gasteiger partial charge on any atom is 0.294 e. The van der Waals surface area contributed by atoms with Crippen LogP contribution in [-0.4, -0.2) is 35.6 Å². The largest absolute Gasteiger partial charge is 0.497 e. The first-order valence-electron chi connectivity index (χ1n) is 11.1. The van der Waals surface area contributed by atoms with Gasteiger partial charge in [0.1, 0.15) is 24.7 Å². The zero-order chi connectivity index (χ0) is 26.5. The first-order valence-corrected chi connectivity index (χ1v) is 14.1. The maximum atomic E-state index is 12.9. The number of nitrogens with one attached hydrogen (secondary N) is 1. The molecule has 1 heterocycles. The maximum absolute atomic E-state index is 12.9. The SMILES string of the molecule is COc1ccc(NC(=O)CN2C(=O)S/C(=C/c3cc(I)c(OCc4ccc(C)cc4)c(I)c3)C2=O)cc1. The van der Waals surface area contributed by atoms with Crippen LogP contribution in [0.3, 0.4) is 0 Å². The van der Waals surface area contributed by atoms with E-state index in [1.165, 1.54) is 5.56 Å². The fourth-order valence-electron chi connectivity index (χ4n) is 3.45. The van der Waals surface area contributed by atoms with E-state index >= 15 is 0 Å². The van der Waals surface area contributed by atoms with Crippen LogP contribution in [-0.2, 0) is 16.2 Å². The van der Waals surface area contributed by atoms with Crippen molar-refractivity contribution < 1.29 is 23.9 Å². The zero-order valence-electron chi connectivity index (χ0n) is 19.9. The molecular weight excluding hydrogens is 718 g/mol. The molecule has 1 aliphatic rings. The van der Waals surface area contributed by atoms with Crippen molar-refractivity contribution in [1.82, 2.24) is 4.90 Å². The van der Waals surface area contributed by atoms with Gasteiger partial charge in [0.2, 0.25) is 5.91 Å². The fraction of sp³-hybridized carbons (Fsp3) is 0.148. The van der Waals surface area contributed by atoms with E-state index in [0.717, 1.165) is 40.7 Å². The number of methoxy groups -OCH3 is 1. The Hall–Kier alpha value is -2.58. The lowest BCUT2D eigenvalue weighted by atomic mass is 10.1. The molecule has 1 N–H and O–H groups in total. The summed E-state index contributed by atoms with van der Waals surface area (Å²) < 4.78 is 12.9. The number of carbonyl (C=O) groups is 3. The van der Waals surface area contributed by atoms with Crippen molar-refractivity contribution in [2.24, 2.45) is 0 Å². The molecule has 10 heteroatoms. The van der Waals surface area contributed by atoms with Gasteiger partial charge in [0.25, 0.3) is 11.1 Å². The van der Waals surface area contributed by atoms with E-state index in [4.69, 9.17) is 9.47 Å². The van der Waals surface area contributed by atoms with Crippen molar-refractivity contribution in [3.63, 3.8) is 0 Å². The summed E-state index contributed by atoms with van der Waals surface area (Å²) >= 11 is 5.22. The van der Waals surface area contributed by atoms with Crippen LogP contribution in [0.4, 0.5) is 10.5 Å². The van der Waals surface area contributed by atoms with Crippen molar-refractivity contribution in [2.45, 2.75) is 13.5 Å². The summed E-state index contributed by atoms with van der Waals surface area (Å²) in [5.41, 5.74) is 3.58. The zero-order valence-corrected chi connectivity index (χ0v) is 25.0. The lowest BCUT2D eigenvalue weighted by molar-refractivity contribution is -0.127. The van der Waals surface area contributed by atoms with E-state index in [2.05, 4.69) is 50.5 Å². The van der Waals surface area contributed by atoms with E-state index < -0.39 is 17.1 Å². The van der Waals surface area contributed by atoms with Crippen LogP contribution < -0.4 is 14.8 Å². The number of ether oxygens (including phenoxy) is 2. The molecule has 3 aromatic carbocycles. The third-order valence-corrected chi connectivity index (χ3v) is 7.88. The highest BCUT2D eigenvalue weighted by atomic mass is 127. The molecule has 3 aromatic rings. The molecule has 0 atom stereocenters. The number of hydrogen-bond acceptors (Lipinski definition) is 6. The molecule has 0 unspecified atom stereocenters. The van der Waals surface area contributed by atoms with Gasteiger partial charge in [0.05, 0.1) is 19.2 Å². The number of thioether (sulfide) groups is 1. The first kappa shape index (κ1) is 27.5. The number of anilines is 1. The number of aryl methyl sites for hydroxylation is 1. The third kappa shape index (κ3) is 7.05. The molecule has 7 nitrogen and oxygen atoms in total. The van der Waals surface area contributed by atoms with Gasteiger partial charge in [0.15, 0.2) is 0 Å². The van der Waals surface area contributed by atoms with Crippen molar-refractivity contribution in [3.8, 4) is 11.5 Å². The van der Waals surface area contributed by atoms with E-state index in [1.54, 1.807) is 37.5 Å². The predicted octanol–water partition coefficient (Wildman–Crippen LogP) is 6.47. The van der Waals surface area contributed by atoms with Crippen LogP contribution in [0.2, 0.25) is 0 Å². The number of hydrogen-bond donors (Lipinski definition) is 1. The van der Waals surface area contributed by atoms with Gasteiger partial charge >= 0.3 is 0 Å². The summed E-state index contributed by atoms with van der Waals surface area (Å²) in [7, 11) is 1.55. The number of carbonyl (C=O) groups excluding carboxylic acids is 3. The van der Waals surface area contributed by atoms with Gasteiger partial charge in [-0.25, -0.2) is 0 Å². The minimum absolute atomic E-state index is 0.266. The highest BCUT2D eigenvalue weighted by Gasteiger charge is 2.36. The number of rotatable bonds is 8.